The van der Waals surface area contributed by atoms with E-state index in [1.807, 2.05) is 29.4 Å². The summed E-state index contributed by atoms with van der Waals surface area (Å²) in [6.07, 6.45) is 12.6. The van der Waals surface area contributed by atoms with Crippen LogP contribution in [0.15, 0.2) is 53.4 Å². The SMILES string of the molecule is C=NN(/C=C(\N)[C@@H](NC(=O)C1CC=C(c2ccccc2)S1)C1CCCCC1)C1(C#I)CC1. The number of amides is 1. The molecule has 2 fully saturated rings. The van der Waals surface area contributed by atoms with E-state index in [2.05, 4.69) is 61.1 Å². The molecule has 2 atom stereocenters. The van der Waals surface area contributed by atoms with Gasteiger partial charge < -0.3 is 0 Å². The average molecular weight is 563 g/mol. The monoisotopic (exact) mass is 562 g/mol. The van der Waals surface area contributed by atoms with Gasteiger partial charge in [0.2, 0.25) is 0 Å². The Hall–Kier alpha value is -1.70. The van der Waals surface area contributed by atoms with E-state index in [4.69, 9.17) is 5.73 Å². The Morgan fingerprint density at radius 1 is 1.31 bits per heavy atom. The van der Waals surface area contributed by atoms with Gasteiger partial charge in [-0.1, -0.05) is 30.3 Å². The molecule has 1 amide bonds. The fourth-order valence-corrected chi connectivity index (χ4v) is 6.53. The molecule has 0 aromatic heterocycles. The Kier molecular flexibility index (Phi) is 7.69. The number of benzene rings is 1. The van der Waals surface area contributed by atoms with Gasteiger partial charge >= 0.3 is 179 Å². The van der Waals surface area contributed by atoms with Crippen LogP contribution in [0.3, 0.4) is 0 Å². The first kappa shape index (κ1) is 23.5. The number of halogens is 1. The van der Waals surface area contributed by atoms with E-state index in [9.17, 15) is 4.79 Å². The maximum absolute atomic E-state index is 13.3. The molecule has 0 saturated heterocycles. The molecule has 170 valence electrons. The van der Waals surface area contributed by atoms with E-state index in [1.54, 1.807) is 11.8 Å². The zero-order valence-corrected chi connectivity index (χ0v) is 21.3. The Morgan fingerprint density at radius 3 is 2.66 bits per heavy atom. The van der Waals surface area contributed by atoms with Crippen molar-refractivity contribution in [3.05, 3.63) is 53.9 Å². The Balaban J connectivity index is 1.47. The van der Waals surface area contributed by atoms with Gasteiger partial charge in [-0.05, 0) is 0 Å². The Morgan fingerprint density at radius 2 is 2.03 bits per heavy atom. The number of rotatable bonds is 8. The Labute approximate surface area is 208 Å². The van der Waals surface area contributed by atoms with E-state index in [0.717, 1.165) is 32.1 Å². The second-order valence-electron chi connectivity index (χ2n) is 8.90. The summed E-state index contributed by atoms with van der Waals surface area (Å²) >= 11 is 3.81. The van der Waals surface area contributed by atoms with Crippen LogP contribution in [0.4, 0.5) is 0 Å². The second kappa shape index (κ2) is 10.5. The van der Waals surface area contributed by atoms with Crippen molar-refractivity contribution in [3.8, 4) is 3.81 Å². The number of hydrazone groups is 1. The van der Waals surface area contributed by atoms with E-state index in [-0.39, 0.29) is 22.7 Å². The molecule has 4 rings (SSSR count). The van der Waals surface area contributed by atoms with Gasteiger partial charge in [0.15, 0.2) is 0 Å². The minimum atomic E-state index is -0.205. The molecule has 1 aromatic carbocycles. The number of nitrogens with two attached hydrogens (primary N) is 1. The summed E-state index contributed by atoms with van der Waals surface area (Å²) in [6.45, 7) is 3.74. The number of carbonyl (C=O) groups is 1. The quantitative estimate of drug-likeness (QED) is 0.258. The third-order valence-corrected chi connectivity index (χ3v) is 9.03. The van der Waals surface area contributed by atoms with Gasteiger partial charge in [0.05, 0.1) is 0 Å². The molecular weight excluding hydrogens is 531 g/mol. The first-order valence-electron chi connectivity index (χ1n) is 11.4. The number of hydrogen-bond acceptors (Lipinski definition) is 5. The molecule has 5 nitrogen and oxygen atoms in total. The summed E-state index contributed by atoms with van der Waals surface area (Å²) in [5.74, 6) is 0.418. The van der Waals surface area contributed by atoms with Crippen LogP contribution in [0, 0.1) is 9.73 Å². The van der Waals surface area contributed by atoms with Crippen molar-refractivity contribution < 1.29 is 4.79 Å². The fraction of sp³-hybridized carbons (Fsp3) is 0.480. The third-order valence-electron chi connectivity index (χ3n) is 6.68. The van der Waals surface area contributed by atoms with Crippen LogP contribution in [-0.4, -0.2) is 34.5 Å². The van der Waals surface area contributed by atoms with Crippen molar-refractivity contribution in [3.63, 3.8) is 0 Å². The van der Waals surface area contributed by atoms with Crippen LogP contribution >= 0.6 is 33.7 Å². The van der Waals surface area contributed by atoms with E-state index in [0.29, 0.717) is 11.6 Å². The molecule has 1 aliphatic heterocycles. The number of thioether (sulfide) groups is 1. The van der Waals surface area contributed by atoms with Crippen LogP contribution in [0.1, 0.15) is 56.9 Å². The molecule has 32 heavy (non-hydrogen) atoms. The normalized spacial score (nSPS) is 23.6. The second-order valence-corrected chi connectivity index (χ2v) is 10.7. The van der Waals surface area contributed by atoms with Crippen LogP contribution in [0.25, 0.3) is 4.91 Å². The first-order chi connectivity index (χ1) is 15.6. The van der Waals surface area contributed by atoms with Gasteiger partial charge in [0, 0.05) is 0 Å². The third kappa shape index (κ3) is 5.26. The van der Waals surface area contributed by atoms with Crippen molar-refractivity contribution in [2.75, 3.05) is 0 Å². The number of allylic oxidation sites excluding steroid dienone is 1. The molecule has 0 spiro atoms. The molecule has 1 heterocycles. The van der Waals surface area contributed by atoms with Crippen molar-refractivity contribution in [2.24, 2.45) is 16.8 Å². The summed E-state index contributed by atoms with van der Waals surface area (Å²) in [6, 6.07) is 10.1. The number of nitrogens with zero attached hydrogens (tertiary/aromatic N) is 2. The molecule has 1 aromatic rings. The molecule has 1 unspecified atom stereocenters. The standard InChI is InChI=1S/C25H31IN4OS/c1-28-30(25(17-26)14-15-25)16-20(27)23(19-10-6-3-7-11-19)29-24(31)22-13-12-21(32-22)18-8-4-2-5-9-18/h2,4-5,8-9,12,16,19,22-23H,1,3,6-7,10-11,13-15,27H2,(H,29,31)/b20-16-/t22?,23-/m0/s1. The number of nitrogens with one attached hydrogen (secondary N) is 1. The van der Waals surface area contributed by atoms with E-state index in [1.165, 1.54) is 29.7 Å². The maximum atomic E-state index is 13.3. The van der Waals surface area contributed by atoms with Gasteiger partial charge in [0.25, 0.3) is 0 Å². The van der Waals surface area contributed by atoms with E-state index < -0.39 is 0 Å². The molecule has 3 aliphatic rings. The fourth-order valence-electron chi connectivity index (χ4n) is 4.61. The van der Waals surface area contributed by atoms with Crippen LogP contribution in [0.2, 0.25) is 0 Å². The van der Waals surface area contributed by atoms with Crippen LogP contribution in [0.5, 0.6) is 0 Å². The van der Waals surface area contributed by atoms with Crippen molar-refractivity contribution in [1.29, 1.82) is 0 Å². The summed E-state index contributed by atoms with van der Waals surface area (Å²) in [5, 5.41) is 9.23. The molecule has 0 radical (unpaired) electrons. The van der Waals surface area contributed by atoms with Crippen molar-refractivity contribution in [1.82, 2.24) is 10.3 Å². The summed E-state index contributed by atoms with van der Waals surface area (Å²) in [4.78, 5) is 14.5. The van der Waals surface area contributed by atoms with Crippen LogP contribution in [-0.2, 0) is 4.79 Å². The molecular formula is C25H31IN4OS. The summed E-state index contributed by atoms with van der Waals surface area (Å²) < 4.78 is 3.30. The Bertz CT molecular complexity index is 944. The van der Waals surface area contributed by atoms with Gasteiger partial charge in [-0.25, -0.2) is 0 Å². The molecule has 3 N–H and O–H groups in total. The predicted octanol–water partition coefficient (Wildman–Crippen LogP) is 5.24. The van der Waals surface area contributed by atoms with E-state index >= 15 is 0 Å². The zero-order chi connectivity index (χ0) is 22.6. The van der Waals surface area contributed by atoms with Crippen molar-refractivity contribution >= 4 is 51.2 Å². The average Bonchev–Trinajstić information content (AvgIpc) is 3.48. The topological polar surface area (TPSA) is 70.7 Å². The van der Waals surface area contributed by atoms with Gasteiger partial charge in [-0.3, -0.25) is 0 Å². The van der Waals surface area contributed by atoms with Crippen molar-refractivity contribution in [2.45, 2.75) is 68.2 Å². The summed E-state index contributed by atoms with van der Waals surface area (Å²) in [7, 11) is 0. The number of carbonyl (C=O) groups excluding carboxylic acids is 1. The van der Waals surface area contributed by atoms with Gasteiger partial charge in [-0.2, -0.15) is 0 Å². The number of hydrogen-bond donors (Lipinski definition) is 2. The first-order valence-corrected chi connectivity index (χ1v) is 13.4. The molecule has 7 heteroatoms. The van der Waals surface area contributed by atoms with Gasteiger partial charge in [-0.15, -0.1) is 0 Å². The van der Waals surface area contributed by atoms with Crippen LogP contribution < -0.4 is 11.1 Å². The minimum absolute atomic E-state index is 0.0652. The zero-order valence-electron chi connectivity index (χ0n) is 18.3. The molecule has 0 bridgehead atoms. The van der Waals surface area contributed by atoms with Gasteiger partial charge in [0.1, 0.15) is 0 Å². The molecule has 2 saturated carbocycles. The predicted molar refractivity (Wildman–Crippen MR) is 142 cm³/mol. The summed E-state index contributed by atoms with van der Waals surface area (Å²) in [5.41, 5.74) is 8.27. The molecule has 2 aliphatic carbocycles.